The minimum absolute atomic E-state index is 0.165. The van der Waals surface area contributed by atoms with Crippen molar-refractivity contribution in [1.82, 2.24) is 15.4 Å². The van der Waals surface area contributed by atoms with Crippen LogP contribution in [0.25, 0.3) is 0 Å². The highest BCUT2D eigenvalue weighted by molar-refractivity contribution is 9.10. The molecule has 1 heterocycles. The van der Waals surface area contributed by atoms with Gasteiger partial charge in [0.25, 0.3) is 5.91 Å². The lowest BCUT2D eigenvalue weighted by Gasteiger charge is -2.06. The number of hydrogen-bond donors (Lipinski definition) is 1. The Labute approximate surface area is 146 Å². The molecule has 0 fully saturated rings. The van der Waals surface area contributed by atoms with E-state index in [9.17, 15) is 4.79 Å². The van der Waals surface area contributed by atoms with Crippen LogP contribution >= 0.6 is 27.7 Å². The second-order valence-corrected chi connectivity index (χ2v) is 6.16. The van der Waals surface area contributed by atoms with Gasteiger partial charge in [-0.05, 0) is 30.9 Å². The number of nitrogens with zero attached hydrogens (tertiary/aromatic N) is 3. The monoisotopic (exact) mass is 394 g/mol. The SMILES string of the molecule is CSc1nc(C)cc(OCC(=O)N/N=C\c2ccc(Br)cc2)n1. The lowest BCUT2D eigenvalue weighted by molar-refractivity contribution is -0.123. The van der Waals surface area contributed by atoms with Gasteiger partial charge >= 0.3 is 0 Å². The molecule has 0 radical (unpaired) electrons. The standard InChI is InChI=1S/C15H15BrN4O2S/c1-10-7-14(19-15(18-10)23-2)22-9-13(21)20-17-8-11-3-5-12(16)6-4-11/h3-8H,9H2,1-2H3,(H,20,21)/b17-8-. The normalized spacial score (nSPS) is 10.7. The largest absolute Gasteiger partial charge is 0.467 e. The summed E-state index contributed by atoms with van der Waals surface area (Å²) in [6.45, 7) is 1.68. The number of carbonyl (C=O) groups is 1. The third-order valence-corrected chi connectivity index (χ3v) is 3.69. The quantitative estimate of drug-likeness (QED) is 0.352. The maximum atomic E-state index is 11.7. The first-order valence-electron chi connectivity index (χ1n) is 6.67. The number of amides is 1. The van der Waals surface area contributed by atoms with Gasteiger partial charge in [0.05, 0.1) is 6.21 Å². The van der Waals surface area contributed by atoms with Crippen LogP contribution in [-0.2, 0) is 4.79 Å². The van der Waals surface area contributed by atoms with Gasteiger partial charge in [0.1, 0.15) is 0 Å². The zero-order valence-corrected chi connectivity index (χ0v) is 15.0. The number of ether oxygens (including phenoxy) is 1. The molecule has 2 aromatic rings. The number of rotatable bonds is 6. The Morgan fingerprint density at radius 1 is 1.39 bits per heavy atom. The smallest absolute Gasteiger partial charge is 0.278 e. The highest BCUT2D eigenvalue weighted by Gasteiger charge is 2.05. The molecule has 0 aliphatic carbocycles. The van der Waals surface area contributed by atoms with Gasteiger partial charge in [0, 0.05) is 16.2 Å². The molecule has 0 spiro atoms. The molecular weight excluding hydrogens is 380 g/mol. The highest BCUT2D eigenvalue weighted by Crippen LogP contribution is 2.15. The van der Waals surface area contributed by atoms with E-state index in [0.29, 0.717) is 11.0 Å². The molecule has 2 rings (SSSR count). The summed E-state index contributed by atoms with van der Waals surface area (Å²) in [6.07, 6.45) is 3.44. The Morgan fingerprint density at radius 3 is 2.83 bits per heavy atom. The van der Waals surface area contributed by atoms with Gasteiger partial charge in [0.15, 0.2) is 11.8 Å². The number of hydrogen-bond acceptors (Lipinski definition) is 6. The lowest BCUT2D eigenvalue weighted by Crippen LogP contribution is -2.24. The fraction of sp³-hybridized carbons (Fsp3) is 0.200. The number of hydrazone groups is 1. The van der Waals surface area contributed by atoms with Crippen molar-refractivity contribution >= 4 is 39.8 Å². The molecule has 1 N–H and O–H groups in total. The summed E-state index contributed by atoms with van der Waals surface area (Å²) in [5.41, 5.74) is 4.07. The molecule has 6 nitrogen and oxygen atoms in total. The lowest BCUT2D eigenvalue weighted by atomic mass is 10.2. The third kappa shape index (κ3) is 5.99. The van der Waals surface area contributed by atoms with Crippen LogP contribution in [0.3, 0.4) is 0 Å². The van der Waals surface area contributed by atoms with Crippen LogP contribution in [0, 0.1) is 6.92 Å². The van der Waals surface area contributed by atoms with E-state index in [2.05, 4.69) is 36.4 Å². The third-order valence-electron chi connectivity index (χ3n) is 2.62. The van der Waals surface area contributed by atoms with E-state index >= 15 is 0 Å². The van der Waals surface area contributed by atoms with Crippen molar-refractivity contribution in [3.05, 3.63) is 46.1 Å². The minimum atomic E-state index is -0.361. The maximum absolute atomic E-state index is 11.7. The summed E-state index contributed by atoms with van der Waals surface area (Å²) in [6, 6.07) is 9.23. The van der Waals surface area contributed by atoms with Crippen LogP contribution in [-0.4, -0.2) is 35.0 Å². The molecule has 1 aromatic heterocycles. The number of nitrogens with one attached hydrogen (secondary N) is 1. The predicted octanol–water partition coefficient (Wildman–Crippen LogP) is 2.80. The average molecular weight is 395 g/mol. The van der Waals surface area contributed by atoms with Crippen molar-refractivity contribution in [1.29, 1.82) is 0 Å². The van der Waals surface area contributed by atoms with Crippen LogP contribution in [0.1, 0.15) is 11.3 Å². The van der Waals surface area contributed by atoms with Crippen LogP contribution in [0.2, 0.25) is 0 Å². The molecule has 23 heavy (non-hydrogen) atoms. The number of benzene rings is 1. The molecule has 0 saturated heterocycles. The number of thioether (sulfide) groups is 1. The molecule has 0 bridgehead atoms. The summed E-state index contributed by atoms with van der Waals surface area (Å²) in [4.78, 5) is 20.1. The van der Waals surface area contributed by atoms with Crippen molar-refractivity contribution in [2.45, 2.75) is 12.1 Å². The summed E-state index contributed by atoms with van der Waals surface area (Å²) < 4.78 is 6.34. The molecule has 0 atom stereocenters. The van der Waals surface area contributed by atoms with Crippen LogP contribution in [0.15, 0.2) is 45.1 Å². The van der Waals surface area contributed by atoms with E-state index in [1.54, 1.807) is 12.3 Å². The molecule has 8 heteroatoms. The second kappa shape index (κ2) is 8.64. The molecule has 1 amide bonds. The van der Waals surface area contributed by atoms with Gasteiger partial charge in [0.2, 0.25) is 5.88 Å². The van der Waals surface area contributed by atoms with Crippen LogP contribution in [0.4, 0.5) is 0 Å². The molecule has 0 unspecified atom stereocenters. The minimum Gasteiger partial charge on any atom is -0.467 e. The van der Waals surface area contributed by atoms with Crippen molar-refractivity contribution in [3.8, 4) is 5.88 Å². The number of halogens is 1. The van der Waals surface area contributed by atoms with Crippen molar-refractivity contribution in [2.24, 2.45) is 5.10 Å². The van der Waals surface area contributed by atoms with E-state index < -0.39 is 0 Å². The first-order valence-corrected chi connectivity index (χ1v) is 8.68. The van der Waals surface area contributed by atoms with E-state index in [1.165, 1.54) is 11.8 Å². The van der Waals surface area contributed by atoms with Gasteiger partial charge in [-0.2, -0.15) is 10.1 Å². The Kier molecular flexibility index (Phi) is 6.54. The molecule has 0 saturated carbocycles. The van der Waals surface area contributed by atoms with Gasteiger partial charge < -0.3 is 4.74 Å². The summed E-state index contributed by atoms with van der Waals surface area (Å²) in [7, 11) is 0. The Hall–Kier alpha value is -1.93. The Balaban J connectivity index is 1.83. The number of aromatic nitrogens is 2. The fourth-order valence-corrected chi connectivity index (χ4v) is 2.26. The average Bonchev–Trinajstić information content (AvgIpc) is 2.54. The van der Waals surface area contributed by atoms with Gasteiger partial charge in [-0.3, -0.25) is 4.79 Å². The summed E-state index contributed by atoms with van der Waals surface area (Å²) in [5.74, 6) is 0.00853. The highest BCUT2D eigenvalue weighted by atomic mass is 79.9. The van der Waals surface area contributed by atoms with Crippen LogP contribution < -0.4 is 10.2 Å². The van der Waals surface area contributed by atoms with E-state index in [-0.39, 0.29) is 12.5 Å². The second-order valence-electron chi connectivity index (χ2n) is 4.47. The molecule has 0 aliphatic rings. The number of aryl methyl sites for hydroxylation is 1. The van der Waals surface area contributed by atoms with Crippen molar-refractivity contribution in [3.63, 3.8) is 0 Å². The molecular formula is C15H15BrN4O2S. The van der Waals surface area contributed by atoms with E-state index in [1.807, 2.05) is 37.4 Å². The van der Waals surface area contributed by atoms with Crippen LogP contribution in [0.5, 0.6) is 5.88 Å². The van der Waals surface area contributed by atoms with Crippen molar-refractivity contribution in [2.75, 3.05) is 12.9 Å². The summed E-state index contributed by atoms with van der Waals surface area (Å²) in [5, 5.41) is 4.48. The zero-order valence-electron chi connectivity index (χ0n) is 12.6. The topological polar surface area (TPSA) is 76.5 Å². The van der Waals surface area contributed by atoms with E-state index in [4.69, 9.17) is 4.74 Å². The first kappa shape index (κ1) is 17.4. The predicted molar refractivity (Wildman–Crippen MR) is 93.9 cm³/mol. The fourth-order valence-electron chi connectivity index (χ4n) is 1.58. The van der Waals surface area contributed by atoms with Gasteiger partial charge in [-0.15, -0.1) is 0 Å². The maximum Gasteiger partial charge on any atom is 0.278 e. The Bertz CT molecular complexity index is 707. The molecule has 0 aliphatic heterocycles. The van der Waals surface area contributed by atoms with Crippen molar-refractivity contribution < 1.29 is 9.53 Å². The first-order chi connectivity index (χ1) is 11.1. The van der Waals surface area contributed by atoms with E-state index in [0.717, 1.165) is 15.7 Å². The zero-order chi connectivity index (χ0) is 16.7. The van der Waals surface area contributed by atoms with Gasteiger partial charge in [-0.1, -0.05) is 39.8 Å². The van der Waals surface area contributed by atoms with Gasteiger partial charge in [-0.25, -0.2) is 10.4 Å². The molecule has 120 valence electrons. The molecule has 1 aromatic carbocycles. The number of carbonyl (C=O) groups excluding carboxylic acids is 1. The summed E-state index contributed by atoms with van der Waals surface area (Å²) >= 11 is 4.77. The Morgan fingerprint density at radius 2 is 2.13 bits per heavy atom.